The zero-order valence-corrected chi connectivity index (χ0v) is 18.7. The molecule has 2 aromatic carbocycles. The maximum atomic E-state index is 13.3. The lowest BCUT2D eigenvalue weighted by atomic mass is 9.82. The molecule has 1 aliphatic rings. The highest BCUT2D eigenvalue weighted by Gasteiger charge is 2.51. The Hall–Kier alpha value is -1.39. The van der Waals surface area contributed by atoms with Gasteiger partial charge in [0.25, 0.3) is 16.0 Å². The van der Waals surface area contributed by atoms with Crippen LogP contribution in [0.15, 0.2) is 51.8 Å². The highest BCUT2D eigenvalue weighted by atomic mass is 79.9. The largest absolute Gasteiger partial charge is 0.319 e. The summed E-state index contributed by atoms with van der Waals surface area (Å²) in [6.45, 7) is 1.92. The molecule has 9 heteroatoms. The summed E-state index contributed by atoms with van der Waals surface area (Å²) in [5.74, 6) is -0.201. The molecular weight excluding hydrogens is 464 g/mol. The van der Waals surface area contributed by atoms with Gasteiger partial charge in [0, 0.05) is 11.5 Å². The van der Waals surface area contributed by atoms with Gasteiger partial charge in [0.15, 0.2) is 5.54 Å². The fourth-order valence-electron chi connectivity index (χ4n) is 3.56. The second-order valence-electron chi connectivity index (χ2n) is 6.74. The quantitative estimate of drug-likeness (QED) is 0.448. The first-order valence-corrected chi connectivity index (χ1v) is 11.5. The van der Waals surface area contributed by atoms with Crippen molar-refractivity contribution in [2.24, 2.45) is 0 Å². The molecule has 0 aliphatic carbocycles. The topological polar surface area (TPSA) is 86.7 Å². The van der Waals surface area contributed by atoms with Crippen LogP contribution in [0.3, 0.4) is 0 Å². The predicted molar refractivity (Wildman–Crippen MR) is 114 cm³/mol. The Morgan fingerprint density at radius 3 is 2.46 bits per heavy atom. The Bertz CT molecular complexity index is 1030. The van der Waals surface area contributed by atoms with Crippen molar-refractivity contribution in [3.05, 3.63) is 63.6 Å². The minimum atomic E-state index is -4.36. The molecule has 2 aromatic rings. The minimum Gasteiger partial charge on any atom is -0.319 e. The molecule has 0 aromatic heterocycles. The van der Waals surface area contributed by atoms with Gasteiger partial charge in [-0.25, -0.2) is 0 Å². The molecule has 1 saturated heterocycles. The molecule has 1 fully saturated rings. The van der Waals surface area contributed by atoms with E-state index in [4.69, 9.17) is 0 Å². The van der Waals surface area contributed by atoms with Gasteiger partial charge in [-0.1, -0.05) is 53.5 Å². The molecule has 28 heavy (non-hydrogen) atoms. The average molecular weight is 485 g/mol. The minimum absolute atomic E-state index is 0.135. The number of hydrogen-bond acceptors (Lipinski definition) is 5. The van der Waals surface area contributed by atoms with Crippen LogP contribution in [0.5, 0.6) is 0 Å². The summed E-state index contributed by atoms with van der Waals surface area (Å²) in [7, 11) is -2.70. The van der Waals surface area contributed by atoms with E-state index < -0.39 is 21.2 Å². The average Bonchev–Trinajstić information content (AvgIpc) is 2.86. The third kappa shape index (κ3) is 3.61. The van der Waals surface area contributed by atoms with Crippen molar-refractivity contribution in [2.45, 2.75) is 35.7 Å². The van der Waals surface area contributed by atoms with Gasteiger partial charge < -0.3 is 4.90 Å². The number of nitrogens with zero attached hydrogens (tertiary/aromatic N) is 1. The van der Waals surface area contributed by atoms with Gasteiger partial charge in [-0.15, -0.1) is 12.6 Å². The number of likely N-dealkylation sites (N-methyl/N-ethyl adjacent to an activating group) is 1. The Kier molecular flexibility index (Phi) is 5.94. The van der Waals surface area contributed by atoms with Gasteiger partial charge in [0.1, 0.15) is 5.50 Å². The van der Waals surface area contributed by atoms with E-state index in [1.54, 1.807) is 19.2 Å². The van der Waals surface area contributed by atoms with Gasteiger partial charge in [-0.2, -0.15) is 8.42 Å². The number of aryl methyl sites for hydroxylation is 1. The predicted octanol–water partition coefficient (Wildman–Crippen LogP) is 3.17. The molecule has 1 aliphatic heterocycles. The fourth-order valence-corrected chi connectivity index (χ4v) is 4.99. The zero-order chi connectivity index (χ0) is 20.7. The monoisotopic (exact) mass is 484 g/mol. The first-order chi connectivity index (χ1) is 13.1. The number of thiol groups is 1. The van der Waals surface area contributed by atoms with E-state index in [0.29, 0.717) is 29.5 Å². The Labute approximate surface area is 178 Å². The summed E-state index contributed by atoms with van der Waals surface area (Å²) in [5.41, 5.74) is 0.0387. The standard InChI is InChI=1S/C19H21BrN2O4S2/c1-3-5-12-10-14(8-9-16(12)28(24,25)26)19(13-6-4-7-15(20)11-13)17(23)22(2)18(27)21-19/h4,6-11,18,21,27H,3,5H2,1-2H3,(H,24,25,26). The Morgan fingerprint density at radius 2 is 1.93 bits per heavy atom. The van der Waals surface area contributed by atoms with E-state index in [9.17, 15) is 17.8 Å². The molecule has 0 spiro atoms. The number of amides is 1. The lowest BCUT2D eigenvalue weighted by Gasteiger charge is -2.29. The van der Waals surface area contributed by atoms with E-state index >= 15 is 0 Å². The van der Waals surface area contributed by atoms with Gasteiger partial charge in [0.05, 0.1) is 4.90 Å². The van der Waals surface area contributed by atoms with Crippen LogP contribution in [-0.4, -0.2) is 36.3 Å². The summed E-state index contributed by atoms with van der Waals surface area (Å²) < 4.78 is 33.9. The maximum absolute atomic E-state index is 13.3. The third-order valence-electron chi connectivity index (χ3n) is 4.90. The van der Waals surface area contributed by atoms with Crippen LogP contribution in [0.2, 0.25) is 0 Å². The summed E-state index contributed by atoms with van der Waals surface area (Å²) in [6.07, 6.45) is 1.14. The van der Waals surface area contributed by atoms with Crippen molar-refractivity contribution >= 4 is 44.6 Å². The molecule has 2 atom stereocenters. The number of carbonyl (C=O) groups is 1. The molecule has 0 saturated carbocycles. The van der Waals surface area contributed by atoms with Crippen molar-refractivity contribution in [1.29, 1.82) is 0 Å². The fraction of sp³-hybridized carbons (Fsp3) is 0.316. The normalized spacial score (nSPS) is 22.7. The van der Waals surface area contributed by atoms with Crippen LogP contribution < -0.4 is 5.32 Å². The van der Waals surface area contributed by atoms with Crippen molar-refractivity contribution in [3.8, 4) is 0 Å². The van der Waals surface area contributed by atoms with Gasteiger partial charge in [0.2, 0.25) is 0 Å². The van der Waals surface area contributed by atoms with E-state index in [1.807, 2.05) is 31.2 Å². The smallest absolute Gasteiger partial charge is 0.294 e. The molecule has 150 valence electrons. The lowest BCUT2D eigenvalue weighted by Crippen LogP contribution is -2.45. The first-order valence-electron chi connectivity index (χ1n) is 8.71. The molecule has 3 rings (SSSR count). The lowest BCUT2D eigenvalue weighted by molar-refractivity contribution is -0.130. The molecule has 1 amide bonds. The third-order valence-corrected chi connectivity index (χ3v) is 6.82. The number of halogens is 1. The Balaban J connectivity index is 2.28. The second kappa shape index (κ2) is 7.79. The molecule has 2 unspecified atom stereocenters. The van der Waals surface area contributed by atoms with E-state index in [2.05, 4.69) is 33.9 Å². The second-order valence-corrected chi connectivity index (χ2v) is 9.54. The van der Waals surface area contributed by atoms with E-state index in [-0.39, 0.29) is 10.8 Å². The van der Waals surface area contributed by atoms with Crippen molar-refractivity contribution in [3.63, 3.8) is 0 Å². The molecule has 2 N–H and O–H groups in total. The van der Waals surface area contributed by atoms with E-state index in [0.717, 1.165) is 4.47 Å². The van der Waals surface area contributed by atoms with Gasteiger partial charge in [-0.05, 0) is 41.3 Å². The molecular formula is C19H21BrN2O4S2. The summed E-state index contributed by atoms with van der Waals surface area (Å²) in [6, 6.07) is 12.0. The number of rotatable bonds is 5. The molecule has 1 heterocycles. The highest BCUT2D eigenvalue weighted by molar-refractivity contribution is 9.10. The summed E-state index contributed by atoms with van der Waals surface area (Å²) in [4.78, 5) is 14.7. The van der Waals surface area contributed by atoms with Crippen LogP contribution in [0.1, 0.15) is 30.0 Å². The van der Waals surface area contributed by atoms with E-state index in [1.165, 1.54) is 11.0 Å². The van der Waals surface area contributed by atoms with Gasteiger partial charge >= 0.3 is 0 Å². The van der Waals surface area contributed by atoms with Crippen LogP contribution in [-0.2, 0) is 26.9 Å². The first kappa shape index (κ1) is 21.3. The Morgan fingerprint density at radius 1 is 1.25 bits per heavy atom. The maximum Gasteiger partial charge on any atom is 0.294 e. The number of hydrogen-bond donors (Lipinski definition) is 3. The number of nitrogens with one attached hydrogen (secondary N) is 1. The SMILES string of the molecule is CCCc1cc(C2(c3cccc(Br)c3)NC(S)N(C)C2=O)ccc1S(=O)(=O)O. The number of carbonyl (C=O) groups excluding carboxylic acids is 1. The van der Waals surface area contributed by atoms with Crippen LogP contribution in [0.4, 0.5) is 0 Å². The van der Waals surface area contributed by atoms with Crippen molar-refractivity contribution < 1.29 is 17.8 Å². The van der Waals surface area contributed by atoms with Crippen LogP contribution in [0.25, 0.3) is 0 Å². The van der Waals surface area contributed by atoms with Crippen molar-refractivity contribution in [2.75, 3.05) is 7.05 Å². The summed E-state index contributed by atoms with van der Waals surface area (Å²) >= 11 is 7.92. The molecule has 0 radical (unpaired) electrons. The number of benzene rings is 2. The van der Waals surface area contributed by atoms with Crippen molar-refractivity contribution in [1.82, 2.24) is 10.2 Å². The highest BCUT2D eigenvalue weighted by Crippen LogP contribution is 2.39. The summed E-state index contributed by atoms with van der Waals surface area (Å²) in [5, 5.41) is 3.26. The molecule has 6 nitrogen and oxygen atoms in total. The zero-order valence-electron chi connectivity index (χ0n) is 15.4. The van der Waals surface area contributed by atoms with Crippen LogP contribution >= 0.6 is 28.6 Å². The van der Waals surface area contributed by atoms with Crippen LogP contribution in [0, 0.1) is 0 Å². The van der Waals surface area contributed by atoms with Gasteiger partial charge in [-0.3, -0.25) is 14.7 Å². The molecule has 0 bridgehead atoms.